The van der Waals surface area contributed by atoms with E-state index in [1.165, 1.54) is 48.9 Å². The molecular weight excluding hydrogens is 520 g/mol. The van der Waals surface area contributed by atoms with Crippen LogP contribution in [0.4, 0.5) is 4.79 Å². The zero-order valence-corrected chi connectivity index (χ0v) is 27.2. The summed E-state index contributed by atoms with van der Waals surface area (Å²) in [5.41, 5.74) is 4.97. The molecule has 6 nitrogen and oxygen atoms in total. The maximum Gasteiger partial charge on any atom is 0.315 e. The van der Waals surface area contributed by atoms with Crippen molar-refractivity contribution in [1.82, 2.24) is 20.8 Å². The molecule has 0 aromatic carbocycles. The van der Waals surface area contributed by atoms with Gasteiger partial charge in [0, 0.05) is 29.8 Å². The van der Waals surface area contributed by atoms with Crippen LogP contribution in [0.15, 0.2) is 18.3 Å². The summed E-state index contributed by atoms with van der Waals surface area (Å²) in [7, 11) is 0. The Labute approximate surface area is 254 Å². The van der Waals surface area contributed by atoms with Crippen molar-refractivity contribution < 1.29 is 9.53 Å². The molecule has 6 aliphatic rings. The van der Waals surface area contributed by atoms with Crippen molar-refractivity contribution in [3.8, 4) is 0 Å². The van der Waals surface area contributed by atoms with Gasteiger partial charge in [-0.3, -0.25) is 5.10 Å². The minimum Gasteiger partial charge on any atom is -0.376 e. The molecule has 5 fully saturated rings. The van der Waals surface area contributed by atoms with Crippen LogP contribution in [-0.4, -0.2) is 41.0 Å². The van der Waals surface area contributed by atoms with Crippen LogP contribution < -0.4 is 10.6 Å². The van der Waals surface area contributed by atoms with Crippen LogP contribution in [0.1, 0.15) is 117 Å². The molecule has 4 saturated carbocycles. The van der Waals surface area contributed by atoms with Crippen LogP contribution in [0.25, 0.3) is 0 Å². The monoisotopic (exact) mass is 576 g/mol. The number of nitrogens with zero attached hydrogens (tertiary/aromatic N) is 1. The number of hydrogen-bond acceptors (Lipinski definition) is 3. The topological polar surface area (TPSA) is 79.0 Å². The Kier molecular flexibility index (Phi) is 6.60. The number of fused-ring (bicyclic) bond motifs is 8. The van der Waals surface area contributed by atoms with Crippen molar-refractivity contribution in [3.05, 3.63) is 29.6 Å². The number of hydrogen-bond donors (Lipinski definition) is 3. The van der Waals surface area contributed by atoms with Crippen LogP contribution >= 0.6 is 0 Å². The Bertz CT molecular complexity index is 1250. The van der Waals surface area contributed by atoms with Crippen molar-refractivity contribution in [1.29, 1.82) is 0 Å². The van der Waals surface area contributed by atoms with Crippen LogP contribution in [0.3, 0.4) is 0 Å². The number of carbonyl (C=O) groups is 1. The van der Waals surface area contributed by atoms with Gasteiger partial charge >= 0.3 is 6.03 Å². The van der Waals surface area contributed by atoms with E-state index in [1.807, 2.05) is 0 Å². The summed E-state index contributed by atoms with van der Waals surface area (Å²) in [6, 6.07) is 0.00902. The van der Waals surface area contributed by atoms with E-state index < -0.39 is 0 Å². The molecule has 232 valence electrons. The molecule has 3 N–H and O–H groups in total. The molecule has 0 radical (unpaired) electrons. The molecule has 7 rings (SSSR count). The minimum atomic E-state index is -0.128. The molecule has 0 bridgehead atoms. The zero-order chi connectivity index (χ0) is 29.7. The van der Waals surface area contributed by atoms with E-state index >= 15 is 0 Å². The van der Waals surface area contributed by atoms with Crippen molar-refractivity contribution in [2.75, 3.05) is 13.2 Å². The average molecular weight is 577 g/mol. The van der Waals surface area contributed by atoms with Gasteiger partial charge < -0.3 is 15.4 Å². The van der Waals surface area contributed by atoms with Crippen LogP contribution in [-0.2, 0) is 16.6 Å². The summed E-state index contributed by atoms with van der Waals surface area (Å²) in [6.07, 6.45) is 15.3. The standard InChI is InChI=1S/C36H56N4O2/c1-22(2)25-12-15-36(39-31(41)37-21-24-9-8-18-42-24)17-16-34(6)26(29(25)36)10-11-28-33(5)19-23-20-38-40-30(23)32(3,4)27(33)13-14-35(28,34)7/h20,24-29H,1,8-19,21H2,2-7H3,(H,38,40)(H2,37,39,41)/t24-,25+,26-,27+,28-,29-,33+,34-,35-,36+/m1/s1. The fourth-order valence-electron chi connectivity index (χ4n) is 13.0. The molecule has 1 saturated heterocycles. The van der Waals surface area contributed by atoms with Gasteiger partial charge in [0.2, 0.25) is 0 Å². The van der Waals surface area contributed by atoms with Gasteiger partial charge in [0.25, 0.3) is 0 Å². The molecule has 1 aromatic rings. The summed E-state index contributed by atoms with van der Waals surface area (Å²) in [5, 5.41) is 14.8. The SMILES string of the molecule is C=C(C)[C@@H]1CC[C@]2(NC(=O)NC[C@H]3CCCO3)CC[C@]3(C)[C@H](CC[C@@H]4[C@@]5(C)Cc6cn[nH]c6C(C)(C)[C@@H]5CC[C@]43C)[C@@H]12. The lowest BCUT2D eigenvalue weighted by atomic mass is 9.33. The maximum atomic E-state index is 13.4. The lowest BCUT2D eigenvalue weighted by Crippen LogP contribution is -2.69. The summed E-state index contributed by atoms with van der Waals surface area (Å²) >= 11 is 0. The summed E-state index contributed by atoms with van der Waals surface area (Å²) in [5.74, 6) is 2.93. The normalized spacial score (nSPS) is 46.9. The van der Waals surface area contributed by atoms with Gasteiger partial charge in [0.1, 0.15) is 0 Å². The Balaban J connectivity index is 1.20. The van der Waals surface area contributed by atoms with Gasteiger partial charge in [-0.25, -0.2) is 4.79 Å². The van der Waals surface area contributed by atoms with Gasteiger partial charge in [-0.1, -0.05) is 46.8 Å². The first kappa shape index (κ1) is 28.9. The van der Waals surface area contributed by atoms with Gasteiger partial charge in [0.15, 0.2) is 0 Å². The van der Waals surface area contributed by atoms with E-state index in [4.69, 9.17) is 4.74 Å². The third-order valence-corrected chi connectivity index (χ3v) is 15.0. The molecule has 2 amide bonds. The van der Waals surface area contributed by atoms with Crippen LogP contribution in [0, 0.1) is 45.8 Å². The van der Waals surface area contributed by atoms with E-state index in [-0.39, 0.29) is 39.3 Å². The zero-order valence-electron chi connectivity index (χ0n) is 27.2. The molecule has 5 aliphatic carbocycles. The molecule has 2 heterocycles. The van der Waals surface area contributed by atoms with E-state index in [0.29, 0.717) is 36.1 Å². The van der Waals surface area contributed by atoms with Crippen molar-refractivity contribution in [3.63, 3.8) is 0 Å². The molecular formula is C36H56N4O2. The van der Waals surface area contributed by atoms with Crippen molar-refractivity contribution in [2.24, 2.45) is 45.8 Å². The number of allylic oxidation sites excluding steroid dienone is 1. The average Bonchev–Trinajstić information content (AvgIpc) is 3.68. The Morgan fingerprint density at radius 1 is 1.02 bits per heavy atom. The third-order valence-electron chi connectivity index (χ3n) is 15.0. The molecule has 0 unspecified atom stereocenters. The molecule has 0 spiro atoms. The second-order valence-electron chi connectivity index (χ2n) is 17.0. The quantitative estimate of drug-likeness (QED) is 0.329. The highest BCUT2D eigenvalue weighted by molar-refractivity contribution is 5.75. The molecule has 10 atom stereocenters. The molecule has 6 heteroatoms. The molecule has 1 aliphatic heterocycles. The van der Waals surface area contributed by atoms with E-state index in [2.05, 4.69) is 75.1 Å². The maximum absolute atomic E-state index is 13.4. The fraction of sp³-hybridized carbons (Fsp3) is 0.833. The first-order valence-corrected chi connectivity index (χ1v) is 17.2. The second kappa shape index (κ2) is 9.59. The number of aromatic amines is 1. The number of nitrogens with one attached hydrogen (secondary N) is 3. The van der Waals surface area contributed by atoms with E-state index in [0.717, 1.165) is 45.1 Å². The Morgan fingerprint density at radius 2 is 1.83 bits per heavy atom. The Morgan fingerprint density at radius 3 is 2.57 bits per heavy atom. The van der Waals surface area contributed by atoms with E-state index in [1.54, 1.807) is 0 Å². The van der Waals surface area contributed by atoms with Crippen LogP contribution in [0.2, 0.25) is 0 Å². The summed E-state index contributed by atoms with van der Waals surface area (Å²) in [6.45, 7) is 21.2. The van der Waals surface area contributed by atoms with Gasteiger partial charge in [-0.05, 0) is 129 Å². The predicted molar refractivity (Wildman–Crippen MR) is 167 cm³/mol. The number of carbonyl (C=O) groups excluding carboxylic acids is 1. The third kappa shape index (κ3) is 3.84. The smallest absolute Gasteiger partial charge is 0.315 e. The summed E-state index contributed by atoms with van der Waals surface area (Å²) < 4.78 is 5.79. The first-order chi connectivity index (χ1) is 19.9. The number of amides is 2. The minimum absolute atomic E-state index is 0.00902. The highest BCUT2D eigenvalue weighted by Crippen LogP contribution is 2.76. The number of ether oxygens (including phenoxy) is 1. The highest BCUT2D eigenvalue weighted by Gasteiger charge is 2.71. The number of H-pyrrole nitrogens is 1. The predicted octanol–water partition coefficient (Wildman–Crippen LogP) is 7.31. The lowest BCUT2D eigenvalue weighted by molar-refractivity contribution is -0.218. The number of urea groups is 1. The van der Waals surface area contributed by atoms with Crippen molar-refractivity contribution >= 4 is 6.03 Å². The Hall–Kier alpha value is -1.82. The van der Waals surface area contributed by atoms with Crippen molar-refractivity contribution in [2.45, 2.75) is 129 Å². The largest absolute Gasteiger partial charge is 0.376 e. The van der Waals surface area contributed by atoms with Gasteiger partial charge in [-0.15, -0.1) is 0 Å². The van der Waals surface area contributed by atoms with Gasteiger partial charge in [-0.2, -0.15) is 5.10 Å². The lowest BCUT2D eigenvalue weighted by Gasteiger charge is -2.72. The van der Waals surface area contributed by atoms with E-state index in [9.17, 15) is 4.79 Å². The molecule has 42 heavy (non-hydrogen) atoms. The fourth-order valence-corrected chi connectivity index (χ4v) is 13.0. The second-order valence-corrected chi connectivity index (χ2v) is 17.0. The first-order valence-electron chi connectivity index (χ1n) is 17.2. The number of aromatic nitrogens is 2. The van der Waals surface area contributed by atoms with Crippen LogP contribution in [0.5, 0.6) is 0 Å². The number of rotatable bonds is 4. The van der Waals surface area contributed by atoms with Gasteiger partial charge in [0.05, 0.1) is 12.3 Å². The molecule has 1 aromatic heterocycles. The highest BCUT2D eigenvalue weighted by atomic mass is 16.5. The summed E-state index contributed by atoms with van der Waals surface area (Å²) in [4.78, 5) is 13.4.